The van der Waals surface area contributed by atoms with E-state index in [-0.39, 0.29) is 11.6 Å². The quantitative estimate of drug-likeness (QED) is 0.885. The number of aromatic nitrogens is 1. The van der Waals surface area contributed by atoms with Crippen LogP contribution in [-0.4, -0.2) is 25.3 Å². The van der Waals surface area contributed by atoms with E-state index in [2.05, 4.69) is 10.5 Å². The van der Waals surface area contributed by atoms with Crippen molar-refractivity contribution in [3.63, 3.8) is 0 Å². The molecule has 1 amide bonds. The van der Waals surface area contributed by atoms with Gasteiger partial charge in [-0.2, -0.15) is 0 Å². The predicted molar refractivity (Wildman–Crippen MR) is 78.0 cm³/mol. The molecule has 0 saturated carbocycles. The molecule has 0 atom stereocenters. The van der Waals surface area contributed by atoms with Crippen molar-refractivity contribution < 1.29 is 18.8 Å². The molecule has 0 bridgehead atoms. The third kappa shape index (κ3) is 3.53. The second-order valence-corrected chi connectivity index (χ2v) is 4.45. The smallest absolute Gasteiger partial charge is 0.277 e. The fraction of sp³-hybridized carbons (Fsp3) is 0.333. The van der Waals surface area contributed by atoms with E-state index in [1.54, 1.807) is 31.4 Å². The first-order valence-electron chi connectivity index (χ1n) is 6.67. The van der Waals surface area contributed by atoms with Crippen LogP contribution in [0.4, 0.5) is 5.69 Å². The number of hydrogen-bond donors (Lipinski definition) is 1. The minimum absolute atomic E-state index is 0.258. The van der Waals surface area contributed by atoms with Crippen molar-refractivity contribution in [3.05, 3.63) is 35.7 Å². The van der Waals surface area contributed by atoms with E-state index in [0.717, 1.165) is 12.8 Å². The van der Waals surface area contributed by atoms with Crippen molar-refractivity contribution in [2.45, 2.75) is 19.8 Å². The van der Waals surface area contributed by atoms with Gasteiger partial charge in [0.2, 0.25) is 0 Å². The Balaban J connectivity index is 2.11. The Kier molecular flexibility index (Phi) is 4.81. The largest absolute Gasteiger partial charge is 0.493 e. The van der Waals surface area contributed by atoms with Gasteiger partial charge in [0.1, 0.15) is 5.76 Å². The van der Waals surface area contributed by atoms with Crippen molar-refractivity contribution in [2.75, 3.05) is 19.5 Å². The average molecular weight is 290 g/mol. The van der Waals surface area contributed by atoms with E-state index in [0.29, 0.717) is 22.9 Å². The van der Waals surface area contributed by atoms with E-state index in [1.807, 2.05) is 6.92 Å². The SMILES string of the molecule is CCCc1cc(C(=O)Nc2ccc(OC)c(OC)c2)no1. The van der Waals surface area contributed by atoms with Gasteiger partial charge in [-0.3, -0.25) is 4.79 Å². The Bertz CT molecular complexity index is 622. The number of anilines is 1. The number of benzene rings is 1. The number of carbonyl (C=O) groups excluding carboxylic acids is 1. The molecule has 0 aliphatic heterocycles. The van der Waals surface area contributed by atoms with Crippen molar-refractivity contribution in [1.82, 2.24) is 5.16 Å². The zero-order chi connectivity index (χ0) is 15.2. The Hall–Kier alpha value is -2.50. The Morgan fingerprint density at radius 1 is 1.24 bits per heavy atom. The molecule has 0 fully saturated rings. The van der Waals surface area contributed by atoms with Crippen molar-refractivity contribution in [3.8, 4) is 11.5 Å². The highest BCUT2D eigenvalue weighted by Gasteiger charge is 2.13. The molecule has 0 unspecified atom stereocenters. The maximum Gasteiger partial charge on any atom is 0.277 e. The lowest BCUT2D eigenvalue weighted by Gasteiger charge is -2.09. The third-order valence-corrected chi connectivity index (χ3v) is 2.93. The topological polar surface area (TPSA) is 73.6 Å². The number of nitrogens with zero attached hydrogens (tertiary/aromatic N) is 1. The minimum Gasteiger partial charge on any atom is -0.493 e. The van der Waals surface area contributed by atoms with Gasteiger partial charge in [-0.15, -0.1) is 0 Å². The van der Waals surface area contributed by atoms with Gasteiger partial charge in [-0.05, 0) is 18.6 Å². The molecule has 0 aliphatic rings. The van der Waals surface area contributed by atoms with Crippen molar-refractivity contribution >= 4 is 11.6 Å². The van der Waals surface area contributed by atoms with Gasteiger partial charge in [-0.25, -0.2) is 0 Å². The van der Waals surface area contributed by atoms with Gasteiger partial charge in [-0.1, -0.05) is 12.1 Å². The monoisotopic (exact) mass is 290 g/mol. The van der Waals surface area contributed by atoms with Crippen molar-refractivity contribution in [2.24, 2.45) is 0 Å². The van der Waals surface area contributed by atoms with Gasteiger partial charge >= 0.3 is 0 Å². The van der Waals surface area contributed by atoms with Gasteiger partial charge in [0.25, 0.3) is 5.91 Å². The Morgan fingerprint density at radius 3 is 2.67 bits per heavy atom. The molecular formula is C15H18N2O4. The fourth-order valence-corrected chi connectivity index (χ4v) is 1.89. The molecule has 112 valence electrons. The van der Waals surface area contributed by atoms with Crippen LogP contribution >= 0.6 is 0 Å². The van der Waals surface area contributed by atoms with Gasteiger partial charge in [0.05, 0.1) is 14.2 Å². The van der Waals surface area contributed by atoms with Gasteiger partial charge in [0.15, 0.2) is 17.2 Å². The number of hydrogen-bond acceptors (Lipinski definition) is 5. The molecule has 1 aromatic carbocycles. The molecule has 0 saturated heterocycles. The number of amides is 1. The maximum atomic E-state index is 12.1. The molecule has 6 nitrogen and oxygen atoms in total. The predicted octanol–water partition coefficient (Wildman–Crippen LogP) is 2.90. The lowest BCUT2D eigenvalue weighted by molar-refractivity contribution is 0.101. The number of rotatable bonds is 6. The van der Waals surface area contributed by atoms with Crippen LogP contribution in [0.5, 0.6) is 11.5 Å². The summed E-state index contributed by atoms with van der Waals surface area (Å²) >= 11 is 0. The molecule has 2 rings (SSSR count). The lowest BCUT2D eigenvalue weighted by Crippen LogP contribution is -2.12. The molecule has 6 heteroatoms. The summed E-state index contributed by atoms with van der Waals surface area (Å²) in [5.74, 6) is 1.52. The second kappa shape index (κ2) is 6.78. The molecule has 21 heavy (non-hydrogen) atoms. The van der Waals surface area contributed by atoms with E-state index in [4.69, 9.17) is 14.0 Å². The molecule has 1 heterocycles. The maximum absolute atomic E-state index is 12.1. The number of nitrogens with one attached hydrogen (secondary N) is 1. The van der Waals surface area contributed by atoms with E-state index < -0.39 is 0 Å². The fourth-order valence-electron chi connectivity index (χ4n) is 1.89. The van der Waals surface area contributed by atoms with Crippen LogP contribution in [0.2, 0.25) is 0 Å². The molecule has 0 spiro atoms. The zero-order valence-corrected chi connectivity index (χ0v) is 12.3. The molecule has 2 aromatic rings. The van der Waals surface area contributed by atoms with Crippen LogP contribution < -0.4 is 14.8 Å². The summed E-state index contributed by atoms with van der Waals surface area (Å²) in [7, 11) is 3.10. The number of ether oxygens (including phenoxy) is 2. The summed E-state index contributed by atoms with van der Waals surface area (Å²) in [6.45, 7) is 2.03. The molecule has 0 aliphatic carbocycles. The minimum atomic E-state index is -0.326. The second-order valence-electron chi connectivity index (χ2n) is 4.45. The molecule has 1 aromatic heterocycles. The summed E-state index contributed by atoms with van der Waals surface area (Å²) in [4.78, 5) is 12.1. The van der Waals surface area contributed by atoms with Gasteiger partial charge in [0, 0.05) is 24.2 Å². The van der Waals surface area contributed by atoms with E-state index >= 15 is 0 Å². The molecule has 1 N–H and O–H groups in total. The van der Waals surface area contributed by atoms with Gasteiger partial charge < -0.3 is 19.3 Å². The third-order valence-electron chi connectivity index (χ3n) is 2.93. The van der Waals surface area contributed by atoms with Crippen LogP contribution in [0.15, 0.2) is 28.8 Å². The first kappa shape index (κ1) is 14.9. The Morgan fingerprint density at radius 2 is 2.00 bits per heavy atom. The van der Waals surface area contributed by atoms with Crippen LogP contribution in [-0.2, 0) is 6.42 Å². The van der Waals surface area contributed by atoms with Crippen LogP contribution in [0.3, 0.4) is 0 Å². The summed E-state index contributed by atoms with van der Waals surface area (Å²) in [5.41, 5.74) is 0.853. The van der Waals surface area contributed by atoms with E-state index in [1.165, 1.54) is 7.11 Å². The number of aryl methyl sites for hydroxylation is 1. The van der Waals surface area contributed by atoms with Crippen LogP contribution in [0.25, 0.3) is 0 Å². The highest BCUT2D eigenvalue weighted by Crippen LogP contribution is 2.29. The average Bonchev–Trinajstić information content (AvgIpc) is 2.96. The van der Waals surface area contributed by atoms with Crippen molar-refractivity contribution in [1.29, 1.82) is 0 Å². The summed E-state index contributed by atoms with van der Waals surface area (Å²) in [6, 6.07) is 6.79. The number of carbonyl (C=O) groups is 1. The number of methoxy groups -OCH3 is 2. The first-order valence-corrected chi connectivity index (χ1v) is 6.67. The molecule has 0 radical (unpaired) electrons. The zero-order valence-electron chi connectivity index (χ0n) is 12.3. The highest BCUT2D eigenvalue weighted by molar-refractivity contribution is 6.02. The van der Waals surface area contributed by atoms with E-state index in [9.17, 15) is 4.79 Å². The molecular weight excluding hydrogens is 272 g/mol. The summed E-state index contributed by atoms with van der Waals surface area (Å²) < 4.78 is 15.4. The Labute approximate surface area is 123 Å². The summed E-state index contributed by atoms with van der Waals surface area (Å²) in [6.07, 6.45) is 1.70. The summed E-state index contributed by atoms with van der Waals surface area (Å²) in [5, 5.41) is 6.51. The lowest BCUT2D eigenvalue weighted by atomic mass is 10.2. The normalized spacial score (nSPS) is 10.2. The first-order chi connectivity index (χ1) is 10.2. The highest BCUT2D eigenvalue weighted by atomic mass is 16.5. The van der Waals surface area contributed by atoms with Crippen LogP contribution in [0.1, 0.15) is 29.6 Å². The van der Waals surface area contributed by atoms with Crippen LogP contribution in [0, 0.1) is 0 Å². The standard InChI is InChI=1S/C15H18N2O4/c1-4-5-11-9-12(17-21-11)15(18)16-10-6-7-13(19-2)14(8-10)20-3/h6-9H,4-5H2,1-3H3,(H,16,18).